The maximum absolute atomic E-state index is 13.4. The number of para-hydroxylation sites is 3. The normalized spacial score (nSPS) is 10.2. The first-order chi connectivity index (χ1) is 10.3. The Labute approximate surface area is 124 Å². The Balaban J connectivity index is 1.82. The largest absolute Gasteiger partial charge is 0.490 e. The van der Waals surface area contributed by atoms with Gasteiger partial charge in [-0.15, -0.1) is 0 Å². The minimum absolute atomic E-state index is 0.260. The highest BCUT2D eigenvalue weighted by molar-refractivity contribution is 5.44. The van der Waals surface area contributed by atoms with Gasteiger partial charge in [-0.3, -0.25) is 0 Å². The molecule has 0 aliphatic carbocycles. The van der Waals surface area contributed by atoms with Gasteiger partial charge in [0.25, 0.3) is 0 Å². The number of halogens is 1. The number of ether oxygens (including phenoxy) is 2. The molecule has 0 spiro atoms. The van der Waals surface area contributed by atoms with E-state index in [9.17, 15) is 4.39 Å². The van der Waals surface area contributed by atoms with Crippen LogP contribution in [0.2, 0.25) is 0 Å². The van der Waals surface area contributed by atoms with Crippen LogP contribution in [0.15, 0.2) is 48.5 Å². The predicted molar refractivity (Wildman–Crippen MR) is 82.6 cm³/mol. The number of hydrogen-bond acceptors (Lipinski definition) is 3. The molecule has 0 aliphatic rings. The molecule has 1 N–H and O–H groups in total. The van der Waals surface area contributed by atoms with Crippen LogP contribution in [0.5, 0.6) is 11.5 Å². The highest BCUT2D eigenvalue weighted by Crippen LogP contribution is 2.26. The van der Waals surface area contributed by atoms with E-state index in [4.69, 9.17) is 9.47 Å². The summed E-state index contributed by atoms with van der Waals surface area (Å²) in [6.45, 7) is 3.67. The van der Waals surface area contributed by atoms with Crippen molar-refractivity contribution in [1.82, 2.24) is 0 Å². The molecule has 0 aromatic heterocycles. The Morgan fingerprint density at radius 1 is 0.905 bits per heavy atom. The molecule has 2 aromatic rings. The molecule has 0 heterocycles. The van der Waals surface area contributed by atoms with Gasteiger partial charge < -0.3 is 14.8 Å². The molecule has 112 valence electrons. The molecule has 0 atom stereocenters. The average Bonchev–Trinajstić information content (AvgIpc) is 2.52. The fraction of sp³-hybridized carbons (Fsp3) is 0.294. The zero-order valence-electron chi connectivity index (χ0n) is 12.1. The van der Waals surface area contributed by atoms with Crippen LogP contribution in [-0.4, -0.2) is 19.8 Å². The molecular weight excluding hydrogens is 269 g/mol. The molecule has 0 amide bonds. The maximum atomic E-state index is 13.4. The molecule has 21 heavy (non-hydrogen) atoms. The Kier molecular flexibility index (Phi) is 5.88. The smallest absolute Gasteiger partial charge is 0.161 e. The summed E-state index contributed by atoms with van der Waals surface area (Å²) < 4.78 is 24.7. The third-order valence-corrected chi connectivity index (χ3v) is 2.86. The van der Waals surface area contributed by atoms with Gasteiger partial charge in [-0.1, -0.05) is 31.2 Å². The molecule has 0 unspecified atom stereocenters. The summed E-state index contributed by atoms with van der Waals surface area (Å²) in [5, 5.41) is 3.00. The number of benzene rings is 2. The van der Waals surface area contributed by atoms with E-state index < -0.39 is 0 Å². The number of rotatable bonds is 8. The maximum Gasteiger partial charge on any atom is 0.161 e. The first-order valence-corrected chi connectivity index (χ1v) is 7.14. The summed E-state index contributed by atoms with van der Waals surface area (Å²) in [7, 11) is 0. The summed E-state index contributed by atoms with van der Waals surface area (Å²) >= 11 is 0. The fourth-order valence-corrected chi connectivity index (χ4v) is 1.85. The van der Waals surface area contributed by atoms with E-state index in [-0.39, 0.29) is 5.82 Å². The van der Waals surface area contributed by atoms with Crippen molar-refractivity contribution in [3.8, 4) is 11.5 Å². The van der Waals surface area contributed by atoms with Crippen molar-refractivity contribution in [3.63, 3.8) is 0 Å². The van der Waals surface area contributed by atoms with Crippen molar-refractivity contribution in [2.45, 2.75) is 13.3 Å². The highest BCUT2D eigenvalue weighted by Gasteiger charge is 2.04. The first-order valence-electron chi connectivity index (χ1n) is 7.14. The van der Waals surface area contributed by atoms with Gasteiger partial charge in [0.15, 0.2) is 11.5 Å². The lowest BCUT2D eigenvalue weighted by atomic mass is 10.3. The van der Waals surface area contributed by atoms with Crippen LogP contribution >= 0.6 is 0 Å². The van der Waals surface area contributed by atoms with E-state index in [1.807, 2.05) is 24.3 Å². The number of nitrogens with one attached hydrogen (secondary N) is 1. The standard InChI is InChI=1S/C17H20FNO2/c1-2-12-20-16-9-5-6-10-17(16)21-13-11-19-15-8-4-3-7-14(15)18/h3-10,19H,2,11-13H2,1H3. The lowest BCUT2D eigenvalue weighted by Crippen LogP contribution is -2.12. The van der Waals surface area contributed by atoms with Crippen molar-refractivity contribution in [1.29, 1.82) is 0 Å². The van der Waals surface area contributed by atoms with Gasteiger partial charge >= 0.3 is 0 Å². The second kappa shape index (κ2) is 8.15. The Morgan fingerprint density at radius 3 is 2.19 bits per heavy atom. The van der Waals surface area contributed by atoms with E-state index >= 15 is 0 Å². The van der Waals surface area contributed by atoms with Crippen LogP contribution in [0.1, 0.15) is 13.3 Å². The van der Waals surface area contributed by atoms with Crippen molar-refractivity contribution in [3.05, 3.63) is 54.3 Å². The minimum Gasteiger partial charge on any atom is -0.490 e. The van der Waals surface area contributed by atoms with Crippen LogP contribution in [0.3, 0.4) is 0 Å². The summed E-state index contributed by atoms with van der Waals surface area (Å²) in [4.78, 5) is 0. The first kappa shape index (κ1) is 15.2. The van der Waals surface area contributed by atoms with Crippen molar-refractivity contribution < 1.29 is 13.9 Å². The molecule has 0 radical (unpaired) electrons. The molecule has 0 fully saturated rings. The second-order valence-electron chi connectivity index (χ2n) is 4.55. The van der Waals surface area contributed by atoms with Crippen molar-refractivity contribution >= 4 is 5.69 Å². The number of hydrogen-bond donors (Lipinski definition) is 1. The van der Waals surface area contributed by atoms with Gasteiger partial charge in [0.1, 0.15) is 12.4 Å². The van der Waals surface area contributed by atoms with Gasteiger partial charge in [0, 0.05) is 6.54 Å². The molecule has 4 heteroatoms. The fourth-order valence-electron chi connectivity index (χ4n) is 1.85. The molecule has 2 rings (SSSR count). The van der Waals surface area contributed by atoms with Crippen LogP contribution in [0.25, 0.3) is 0 Å². The van der Waals surface area contributed by atoms with Gasteiger partial charge in [0.2, 0.25) is 0 Å². The van der Waals surface area contributed by atoms with Gasteiger partial charge in [-0.05, 0) is 30.7 Å². The van der Waals surface area contributed by atoms with Gasteiger partial charge in [-0.25, -0.2) is 4.39 Å². The van der Waals surface area contributed by atoms with E-state index in [1.165, 1.54) is 6.07 Å². The third kappa shape index (κ3) is 4.67. The lowest BCUT2D eigenvalue weighted by molar-refractivity contribution is 0.274. The van der Waals surface area contributed by atoms with Gasteiger partial charge in [0.05, 0.1) is 12.3 Å². The van der Waals surface area contributed by atoms with E-state index in [0.29, 0.717) is 31.2 Å². The predicted octanol–water partition coefficient (Wildman–Crippen LogP) is 4.11. The summed E-state index contributed by atoms with van der Waals surface area (Å²) in [5.41, 5.74) is 0.483. The zero-order chi connectivity index (χ0) is 14.9. The average molecular weight is 289 g/mol. The zero-order valence-corrected chi connectivity index (χ0v) is 12.1. The topological polar surface area (TPSA) is 30.5 Å². The molecule has 3 nitrogen and oxygen atoms in total. The van der Waals surface area contributed by atoms with Crippen LogP contribution in [0.4, 0.5) is 10.1 Å². The van der Waals surface area contributed by atoms with E-state index in [0.717, 1.165) is 12.2 Å². The van der Waals surface area contributed by atoms with Crippen LogP contribution in [-0.2, 0) is 0 Å². The molecule has 2 aromatic carbocycles. The summed E-state index contributed by atoms with van der Waals surface area (Å²) in [6.07, 6.45) is 0.948. The SMILES string of the molecule is CCCOc1ccccc1OCCNc1ccccc1F. The van der Waals surface area contributed by atoms with Crippen molar-refractivity contribution in [2.75, 3.05) is 25.1 Å². The third-order valence-electron chi connectivity index (χ3n) is 2.86. The number of anilines is 1. The molecular formula is C17H20FNO2. The van der Waals surface area contributed by atoms with Crippen molar-refractivity contribution in [2.24, 2.45) is 0 Å². The summed E-state index contributed by atoms with van der Waals surface area (Å²) in [5.74, 6) is 1.19. The second-order valence-corrected chi connectivity index (χ2v) is 4.55. The molecule has 0 saturated carbocycles. The molecule has 0 saturated heterocycles. The molecule has 0 bridgehead atoms. The van der Waals surface area contributed by atoms with E-state index in [2.05, 4.69) is 12.2 Å². The highest BCUT2D eigenvalue weighted by atomic mass is 19.1. The lowest BCUT2D eigenvalue weighted by Gasteiger charge is -2.13. The monoisotopic (exact) mass is 289 g/mol. The summed E-state index contributed by atoms with van der Waals surface area (Å²) in [6, 6.07) is 14.2. The Morgan fingerprint density at radius 2 is 1.52 bits per heavy atom. The minimum atomic E-state index is -0.260. The van der Waals surface area contributed by atoms with Gasteiger partial charge in [-0.2, -0.15) is 0 Å². The van der Waals surface area contributed by atoms with E-state index in [1.54, 1.807) is 18.2 Å². The van der Waals surface area contributed by atoms with Crippen LogP contribution in [0, 0.1) is 5.82 Å². The van der Waals surface area contributed by atoms with Crippen LogP contribution < -0.4 is 14.8 Å². The quantitative estimate of drug-likeness (QED) is 0.742. The Hall–Kier alpha value is -2.23. The molecule has 0 aliphatic heterocycles. The Bertz CT molecular complexity index is 560.